The first kappa shape index (κ1) is 12.3. The van der Waals surface area contributed by atoms with Gasteiger partial charge in [-0.2, -0.15) is 0 Å². The number of aromatic nitrogens is 1. The van der Waals surface area contributed by atoms with Crippen LogP contribution in [0, 0.1) is 5.82 Å². The molecule has 4 nitrogen and oxygen atoms in total. The highest BCUT2D eigenvalue weighted by Gasteiger charge is 2.24. The van der Waals surface area contributed by atoms with Crippen LogP contribution in [0.2, 0.25) is 0 Å². The van der Waals surface area contributed by atoms with E-state index in [4.69, 9.17) is 4.74 Å². The highest BCUT2D eigenvalue weighted by molar-refractivity contribution is 5.47. The van der Waals surface area contributed by atoms with E-state index in [0.717, 1.165) is 0 Å². The van der Waals surface area contributed by atoms with E-state index in [0.29, 0.717) is 24.5 Å². The predicted molar refractivity (Wildman–Crippen MR) is 62.3 cm³/mol. The molecular formula is C12H17FN2O2. The zero-order valence-corrected chi connectivity index (χ0v) is 10.1. The molecule has 1 aromatic rings. The normalized spacial score (nSPS) is 25.1. The second-order valence-electron chi connectivity index (χ2n) is 4.46. The van der Waals surface area contributed by atoms with E-state index >= 15 is 0 Å². The number of hydrogen-bond acceptors (Lipinski definition) is 4. The van der Waals surface area contributed by atoms with Gasteiger partial charge >= 0.3 is 0 Å². The number of rotatable bonds is 2. The van der Waals surface area contributed by atoms with Crippen molar-refractivity contribution in [3.8, 4) is 0 Å². The third-order valence-electron chi connectivity index (χ3n) is 2.80. The van der Waals surface area contributed by atoms with E-state index in [9.17, 15) is 9.50 Å². The number of aliphatic hydroxyl groups is 1. The van der Waals surface area contributed by atoms with Crippen LogP contribution in [0.3, 0.4) is 0 Å². The molecular weight excluding hydrogens is 223 g/mol. The van der Waals surface area contributed by atoms with E-state index in [-0.39, 0.29) is 18.8 Å². The number of anilines is 1. The molecule has 0 spiro atoms. The second kappa shape index (κ2) is 4.98. The lowest BCUT2D eigenvalue weighted by atomic mass is 10.2. The molecule has 94 valence electrons. The van der Waals surface area contributed by atoms with Gasteiger partial charge in [0.25, 0.3) is 0 Å². The Morgan fingerprint density at radius 2 is 2.12 bits per heavy atom. The van der Waals surface area contributed by atoms with Gasteiger partial charge in [0.2, 0.25) is 0 Å². The largest absolute Gasteiger partial charge is 0.392 e. The number of hydrogen-bond donors (Lipinski definition) is 1. The number of nitrogens with zero attached hydrogens (tertiary/aromatic N) is 2. The second-order valence-corrected chi connectivity index (χ2v) is 4.46. The summed E-state index contributed by atoms with van der Waals surface area (Å²) in [6, 6.07) is 1.33. The molecule has 0 radical (unpaired) electrons. The highest BCUT2D eigenvalue weighted by Crippen LogP contribution is 2.22. The molecule has 2 atom stereocenters. The van der Waals surface area contributed by atoms with Crippen molar-refractivity contribution in [3.05, 3.63) is 23.6 Å². The number of halogens is 1. The highest BCUT2D eigenvalue weighted by atomic mass is 19.1. The van der Waals surface area contributed by atoms with Crippen molar-refractivity contribution >= 4 is 5.82 Å². The van der Waals surface area contributed by atoms with Crippen molar-refractivity contribution in [2.45, 2.75) is 32.7 Å². The SMILES string of the molecule is C[C@@H]1CN(c2ncc(F)cc2CO)C[C@H](C)O1. The molecule has 0 aliphatic carbocycles. The average molecular weight is 240 g/mol. The third kappa shape index (κ3) is 2.73. The van der Waals surface area contributed by atoms with Gasteiger partial charge in [0.15, 0.2) is 0 Å². The van der Waals surface area contributed by atoms with Crippen molar-refractivity contribution in [3.63, 3.8) is 0 Å². The summed E-state index contributed by atoms with van der Waals surface area (Å²) in [6.07, 6.45) is 1.40. The number of ether oxygens (including phenoxy) is 1. The van der Waals surface area contributed by atoms with Crippen molar-refractivity contribution < 1.29 is 14.2 Å². The Bertz CT molecular complexity index is 390. The Hall–Kier alpha value is -1.20. The molecule has 1 aliphatic rings. The smallest absolute Gasteiger partial charge is 0.142 e. The van der Waals surface area contributed by atoms with Crippen LogP contribution in [0.15, 0.2) is 12.3 Å². The van der Waals surface area contributed by atoms with Gasteiger partial charge in [0.05, 0.1) is 25.0 Å². The zero-order chi connectivity index (χ0) is 12.4. The van der Waals surface area contributed by atoms with Crippen LogP contribution in [-0.4, -0.2) is 35.4 Å². The van der Waals surface area contributed by atoms with E-state index in [2.05, 4.69) is 4.98 Å². The Morgan fingerprint density at radius 1 is 1.47 bits per heavy atom. The van der Waals surface area contributed by atoms with Crippen LogP contribution in [0.5, 0.6) is 0 Å². The van der Waals surface area contributed by atoms with Gasteiger partial charge in [-0.05, 0) is 19.9 Å². The lowest BCUT2D eigenvalue weighted by Gasteiger charge is -2.36. The predicted octanol–water partition coefficient (Wildman–Crippen LogP) is 1.33. The van der Waals surface area contributed by atoms with Gasteiger partial charge in [-0.1, -0.05) is 0 Å². The molecule has 0 saturated carbocycles. The topological polar surface area (TPSA) is 45.6 Å². The minimum atomic E-state index is -0.424. The fourth-order valence-corrected chi connectivity index (χ4v) is 2.23. The number of morpholine rings is 1. The molecule has 5 heteroatoms. The Morgan fingerprint density at radius 3 is 2.71 bits per heavy atom. The van der Waals surface area contributed by atoms with Crippen LogP contribution in [0.4, 0.5) is 10.2 Å². The first-order valence-corrected chi connectivity index (χ1v) is 5.76. The van der Waals surface area contributed by atoms with E-state index in [1.54, 1.807) is 0 Å². The van der Waals surface area contributed by atoms with Gasteiger partial charge < -0.3 is 14.7 Å². The van der Waals surface area contributed by atoms with Crippen LogP contribution in [0.1, 0.15) is 19.4 Å². The van der Waals surface area contributed by atoms with Crippen molar-refractivity contribution in [2.24, 2.45) is 0 Å². The Labute approximate surface area is 100 Å². The van der Waals surface area contributed by atoms with Crippen LogP contribution >= 0.6 is 0 Å². The van der Waals surface area contributed by atoms with E-state index in [1.165, 1.54) is 12.3 Å². The van der Waals surface area contributed by atoms with Crippen LogP contribution < -0.4 is 4.90 Å². The maximum absolute atomic E-state index is 13.0. The van der Waals surface area contributed by atoms with Crippen molar-refractivity contribution in [1.29, 1.82) is 0 Å². The standard InChI is InChI=1S/C12H17FN2O2/c1-8-5-15(6-9(2)17-8)12-10(7-16)3-11(13)4-14-12/h3-4,8-9,16H,5-7H2,1-2H3/t8-,9+. The van der Waals surface area contributed by atoms with Gasteiger partial charge in [-0.25, -0.2) is 9.37 Å². The summed E-state index contributed by atoms with van der Waals surface area (Å²) in [5.74, 6) is 0.225. The molecule has 1 N–H and O–H groups in total. The third-order valence-corrected chi connectivity index (χ3v) is 2.80. The average Bonchev–Trinajstić information content (AvgIpc) is 2.27. The van der Waals surface area contributed by atoms with Gasteiger partial charge in [0, 0.05) is 18.7 Å². The molecule has 17 heavy (non-hydrogen) atoms. The quantitative estimate of drug-likeness (QED) is 0.847. The molecule has 2 rings (SSSR count). The minimum absolute atomic E-state index is 0.108. The summed E-state index contributed by atoms with van der Waals surface area (Å²) in [4.78, 5) is 6.11. The van der Waals surface area contributed by atoms with Crippen LogP contribution in [0.25, 0.3) is 0 Å². The molecule has 0 unspecified atom stereocenters. The van der Waals surface area contributed by atoms with Crippen molar-refractivity contribution in [1.82, 2.24) is 4.98 Å². The van der Waals surface area contributed by atoms with Crippen molar-refractivity contribution in [2.75, 3.05) is 18.0 Å². The summed E-state index contributed by atoms with van der Waals surface area (Å²) in [6.45, 7) is 5.18. The minimum Gasteiger partial charge on any atom is -0.392 e. The summed E-state index contributed by atoms with van der Waals surface area (Å²) in [5, 5.41) is 9.24. The molecule has 1 aliphatic heterocycles. The van der Waals surface area contributed by atoms with E-state index < -0.39 is 5.82 Å². The van der Waals surface area contributed by atoms with Gasteiger partial charge in [-0.15, -0.1) is 0 Å². The molecule has 1 aromatic heterocycles. The summed E-state index contributed by atoms with van der Waals surface area (Å²) in [5.41, 5.74) is 0.520. The van der Waals surface area contributed by atoms with Gasteiger partial charge in [-0.3, -0.25) is 0 Å². The summed E-state index contributed by atoms with van der Waals surface area (Å²) >= 11 is 0. The maximum atomic E-state index is 13.0. The number of aliphatic hydroxyl groups excluding tert-OH is 1. The molecule has 0 aromatic carbocycles. The van der Waals surface area contributed by atoms with E-state index in [1.807, 2.05) is 18.7 Å². The fraction of sp³-hybridized carbons (Fsp3) is 0.583. The molecule has 0 bridgehead atoms. The monoisotopic (exact) mass is 240 g/mol. The first-order valence-electron chi connectivity index (χ1n) is 5.76. The number of pyridine rings is 1. The maximum Gasteiger partial charge on any atom is 0.142 e. The first-order chi connectivity index (χ1) is 8.10. The zero-order valence-electron chi connectivity index (χ0n) is 10.1. The lowest BCUT2D eigenvalue weighted by molar-refractivity contribution is -0.00557. The Kier molecular flexibility index (Phi) is 3.59. The molecule has 1 fully saturated rings. The molecule has 2 heterocycles. The Balaban J connectivity index is 2.26. The molecule has 1 saturated heterocycles. The molecule has 0 amide bonds. The fourth-order valence-electron chi connectivity index (χ4n) is 2.23. The van der Waals surface area contributed by atoms with Gasteiger partial charge in [0.1, 0.15) is 11.6 Å². The summed E-state index contributed by atoms with van der Waals surface area (Å²) in [7, 11) is 0. The lowest BCUT2D eigenvalue weighted by Crippen LogP contribution is -2.46. The summed E-state index contributed by atoms with van der Waals surface area (Å²) < 4.78 is 18.7. The van der Waals surface area contributed by atoms with Crippen LogP contribution in [-0.2, 0) is 11.3 Å².